The number of hydrogen-bond donors (Lipinski definition) is 0. The Bertz CT molecular complexity index is 1070. The van der Waals surface area contributed by atoms with Crippen LogP contribution in [0.25, 0.3) is 5.69 Å². The number of nitrogens with zero attached hydrogens (tertiary/aromatic N) is 4. The summed E-state index contributed by atoms with van der Waals surface area (Å²) in [5.74, 6) is 0. The summed E-state index contributed by atoms with van der Waals surface area (Å²) in [5.41, 5.74) is 2.42. The zero-order chi connectivity index (χ0) is 20.5. The van der Waals surface area contributed by atoms with E-state index in [0.29, 0.717) is 16.6 Å². The molecule has 1 aromatic heterocycles. The predicted molar refractivity (Wildman–Crippen MR) is 120 cm³/mol. The molecule has 2 aromatic carbocycles. The molecule has 29 heavy (non-hydrogen) atoms. The fourth-order valence-electron chi connectivity index (χ4n) is 3.74. The molecule has 1 aliphatic rings. The molecule has 4 rings (SSSR count). The summed E-state index contributed by atoms with van der Waals surface area (Å²) in [6, 6.07) is 15.1. The number of halogens is 3. The van der Waals surface area contributed by atoms with Crippen molar-refractivity contribution < 1.29 is 0 Å². The Hall–Kier alpha value is -1.92. The van der Waals surface area contributed by atoms with Gasteiger partial charge in [0.1, 0.15) is 5.02 Å². The highest BCUT2D eigenvalue weighted by Crippen LogP contribution is 2.29. The summed E-state index contributed by atoms with van der Waals surface area (Å²) in [7, 11) is 1.87. The number of hydrogen-bond acceptors (Lipinski definition) is 3. The van der Waals surface area contributed by atoms with Gasteiger partial charge in [-0.2, -0.15) is 0 Å². The van der Waals surface area contributed by atoms with Crippen LogP contribution in [0.1, 0.15) is 5.69 Å². The molecule has 0 atom stereocenters. The highest BCUT2D eigenvalue weighted by atomic mass is 35.5. The normalized spacial score (nSPS) is 15.1. The lowest BCUT2D eigenvalue weighted by Crippen LogP contribution is -2.46. The van der Waals surface area contributed by atoms with Gasteiger partial charge < -0.3 is 4.90 Å². The highest BCUT2D eigenvalue weighted by Gasteiger charge is 2.23. The van der Waals surface area contributed by atoms with E-state index in [1.54, 1.807) is 10.7 Å². The minimum absolute atomic E-state index is 0.193. The smallest absolute Gasteiger partial charge is 0.290 e. The lowest BCUT2D eigenvalue weighted by Gasteiger charge is -2.36. The zero-order valence-electron chi connectivity index (χ0n) is 16.0. The third-order valence-corrected chi connectivity index (χ3v) is 6.24. The second-order valence-electron chi connectivity index (χ2n) is 7.10. The second-order valence-corrected chi connectivity index (χ2v) is 8.32. The average molecular weight is 452 g/mol. The maximum atomic E-state index is 12.7. The van der Waals surface area contributed by atoms with Crippen LogP contribution in [0.2, 0.25) is 15.1 Å². The van der Waals surface area contributed by atoms with Gasteiger partial charge in [-0.3, -0.25) is 14.4 Å². The summed E-state index contributed by atoms with van der Waals surface area (Å²) in [5, 5.41) is 1.58. The van der Waals surface area contributed by atoms with Gasteiger partial charge in [-0.15, -0.1) is 0 Å². The first kappa shape index (κ1) is 20.4. The topological polar surface area (TPSA) is 33.4 Å². The van der Waals surface area contributed by atoms with Crippen LogP contribution in [-0.4, -0.2) is 40.4 Å². The van der Waals surface area contributed by atoms with Crippen LogP contribution in [-0.2, 0) is 13.6 Å². The van der Waals surface area contributed by atoms with Crippen LogP contribution in [0.3, 0.4) is 0 Å². The van der Waals surface area contributed by atoms with Gasteiger partial charge in [-0.1, -0.05) is 53.0 Å². The molecule has 8 heteroatoms. The second kappa shape index (κ2) is 8.44. The van der Waals surface area contributed by atoms with Crippen LogP contribution in [0, 0.1) is 0 Å². The Kier molecular flexibility index (Phi) is 5.93. The Morgan fingerprint density at radius 1 is 0.931 bits per heavy atom. The van der Waals surface area contributed by atoms with E-state index in [2.05, 4.69) is 9.80 Å². The number of rotatable bonds is 4. The van der Waals surface area contributed by atoms with E-state index in [1.807, 2.05) is 54.2 Å². The number of benzene rings is 2. The quantitative estimate of drug-likeness (QED) is 0.587. The standard InChI is InChI=1S/C21H21Cl3N4O/c1-25-19(20(24)21(29)28(25)16-5-3-2-4-6-16)14-26-9-11-27(12-10-26)18-8-7-15(22)13-17(18)23/h2-8,13H,9-12,14H2,1H3. The molecule has 5 nitrogen and oxygen atoms in total. The summed E-state index contributed by atoms with van der Waals surface area (Å²) < 4.78 is 3.46. The van der Waals surface area contributed by atoms with Crippen LogP contribution in [0.5, 0.6) is 0 Å². The van der Waals surface area contributed by atoms with Crippen molar-refractivity contribution >= 4 is 40.5 Å². The van der Waals surface area contributed by atoms with Gasteiger partial charge >= 0.3 is 0 Å². The summed E-state index contributed by atoms with van der Waals surface area (Å²) in [6.45, 7) is 3.99. The van der Waals surface area contributed by atoms with Crippen molar-refractivity contribution in [3.63, 3.8) is 0 Å². The van der Waals surface area contributed by atoms with E-state index < -0.39 is 0 Å². The Labute approximate surface area is 184 Å². The monoisotopic (exact) mass is 450 g/mol. The molecule has 0 saturated carbocycles. The molecule has 2 heterocycles. The van der Waals surface area contributed by atoms with E-state index in [-0.39, 0.29) is 10.6 Å². The maximum absolute atomic E-state index is 12.7. The number of para-hydroxylation sites is 1. The number of aromatic nitrogens is 2. The largest absolute Gasteiger partial charge is 0.368 e. The van der Waals surface area contributed by atoms with Crippen molar-refractivity contribution in [2.24, 2.45) is 7.05 Å². The van der Waals surface area contributed by atoms with E-state index in [1.165, 1.54) is 0 Å². The molecule has 0 bridgehead atoms. The highest BCUT2D eigenvalue weighted by molar-refractivity contribution is 6.36. The maximum Gasteiger partial charge on any atom is 0.290 e. The summed E-state index contributed by atoms with van der Waals surface area (Å²) in [6.07, 6.45) is 0. The molecule has 0 radical (unpaired) electrons. The van der Waals surface area contributed by atoms with Gasteiger partial charge in [0.05, 0.1) is 22.1 Å². The lowest BCUT2D eigenvalue weighted by molar-refractivity contribution is 0.243. The third-order valence-electron chi connectivity index (χ3n) is 5.32. The molecule has 0 spiro atoms. The summed E-state index contributed by atoms with van der Waals surface area (Å²) >= 11 is 18.8. The minimum Gasteiger partial charge on any atom is -0.368 e. The van der Waals surface area contributed by atoms with Gasteiger partial charge in [-0.25, -0.2) is 4.68 Å². The SMILES string of the molecule is Cn1c(CN2CCN(c3ccc(Cl)cc3Cl)CC2)c(Cl)c(=O)n1-c1ccccc1. The van der Waals surface area contributed by atoms with Crippen molar-refractivity contribution in [2.75, 3.05) is 31.1 Å². The number of piperazine rings is 1. The molecule has 0 N–H and O–H groups in total. The van der Waals surface area contributed by atoms with Gasteiger partial charge in [0, 0.05) is 44.8 Å². The fraction of sp³-hybridized carbons (Fsp3) is 0.286. The first-order valence-electron chi connectivity index (χ1n) is 9.40. The van der Waals surface area contributed by atoms with Crippen LogP contribution >= 0.6 is 34.8 Å². The van der Waals surface area contributed by atoms with Crippen molar-refractivity contribution in [1.29, 1.82) is 0 Å². The van der Waals surface area contributed by atoms with Gasteiger partial charge in [0.25, 0.3) is 5.56 Å². The van der Waals surface area contributed by atoms with Crippen LogP contribution in [0.15, 0.2) is 53.3 Å². The van der Waals surface area contributed by atoms with Crippen LogP contribution < -0.4 is 10.5 Å². The number of anilines is 1. The first-order valence-corrected chi connectivity index (χ1v) is 10.5. The molecule has 0 unspecified atom stereocenters. The Balaban J connectivity index is 1.49. The summed E-state index contributed by atoms with van der Waals surface area (Å²) in [4.78, 5) is 17.3. The molecular formula is C21H21Cl3N4O. The molecule has 3 aromatic rings. The molecule has 1 saturated heterocycles. The Morgan fingerprint density at radius 2 is 1.62 bits per heavy atom. The van der Waals surface area contributed by atoms with E-state index in [9.17, 15) is 4.79 Å². The average Bonchev–Trinajstić information content (AvgIpc) is 2.93. The van der Waals surface area contributed by atoms with E-state index in [4.69, 9.17) is 34.8 Å². The molecular weight excluding hydrogens is 431 g/mol. The van der Waals surface area contributed by atoms with Gasteiger partial charge in [0.15, 0.2) is 0 Å². The fourth-order valence-corrected chi connectivity index (χ4v) is 4.53. The predicted octanol–water partition coefficient (Wildman–Crippen LogP) is 4.46. The van der Waals surface area contributed by atoms with Crippen molar-refractivity contribution in [2.45, 2.75) is 6.54 Å². The molecule has 0 amide bonds. The van der Waals surface area contributed by atoms with Crippen molar-refractivity contribution in [3.8, 4) is 5.69 Å². The van der Waals surface area contributed by atoms with E-state index >= 15 is 0 Å². The molecule has 0 aliphatic carbocycles. The first-order chi connectivity index (χ1) is 14.0. The van der Waals surface area contributed by atoms with Gasteiger partial charge in [-0.05, 0) is 30.3 Å². The third kappa shape index (κ3) is 4.05. The molecule has 1 aliphatic heterocycles. The van der Waals surface area contributed by atoms with Crippen LogP contribution in [0.4, 0.5) is 5.69 Å². The van der Waals surface area contributed by atoms with E-state index in [0.717, 1.165) is 43.2 Å². The minimum atomic E-state index is -0.193. The van der Waals surface area contributed by atoms with Crippen molar-refractivity contribution in [3.05, 3.63) is 79.6 Å². The Morgan fingerprint density at radius 3 is 2.28 bits per heavy atom. The molecule has 152 valence electrons. The van der Waals surface area contributed by atoms with Gasteiger partial charge in [0.2, 0.25) is 0 Å². The lowest BCUT2D eigenvalue weighted by atomic mass is 10.2. The zero-order valence-corrected chi connectivity index (χ0v) is 18.3. The van der Waals surface area contributed by atoms with Crippen molar-refractivity contribution in [1.82, 2.24) is 14.3 Å². The molecule has 1 fully saturated rings.